The highest BCUT2D eigenvalue weighted by atomic mass is 35.5. The zero-order valence-electron chi connectivity index (χ0n) is 10.4. The number of aliphatic hydroxyl groups is 1. The Labute approximate surface area is 118 Å². The van der Waals surface area contributed by atoms with Crippen LogP contribution in [0.1, 0.15) is 30.1 Å². The number of benzene rings is 1. The first-order chi connectivity index (χ1) is 8.60. The molecule has 0 spiro atoms. The van der Waals surface area contributed by atoms with Gasteiger partial charge in [0.1, 0.15) is 0 Å². The van der Waals surface area contributed by atoms with Crippen molar-refractivity contribution in [3.05, 3.63) is 28.8 Å². The minimum atomic E-state index is -0.154. The van der Waals surface area contributed by atoms with E-state index in [9.17, 15) is 4.79 Å². The first-order valence-electron chi connectivity index (χ1n) is 5.98. The Morgan fingerprint density at radius 2 is 2.17 bits per heavy atom. The molecule has 1 aromatic rings. The standard InChI is InChI=1S/C13H18ClNO2S/c1-2-3-6-15(7-8-16)13(17)11-9-10(18)4-5-12(11)14/h4-5,9,16,18H,2-3,6-8H2,1H3. The number of carbonyl (C=O) groups is 1. The molecule has 1 aromatic carbocycles. The van der Waals surface area contributed by atoms with Gasteiger partial charge in [-0.05, 0) is 24.6 Å². The van der Waals surface area contributed by atoms with Gasteiger partial charge in [-0.2, -0.15) is 0 Å². The molecule has 100 valence electrons. The summed E-state index contributed by atoms with van der Waals surface area (Å²) in [5, 5.41) is 9.43. The highest BCUT2D eigenvalue weighted by Crippen LogP contribution is 2.21. The average Bonchev–Trinajstić information content (AvgIpc) is 2.36. The van der Waals surface area contributed by atoms with Crippen molar-refractivity contribution in [2.45, 2.75) is 24.7 Å². The molecule has 5 heteroatoms. The molecule has 0 heterocycles. The summed E-state index contributed by atoms with van der Waals surface area (Å²) in [5.74, 6) is -0.154. The Balaban J connectivity index is 2.90. The molecular weight excluding hydrogens is 270 g/mol. The molecule has 1 amide bonds. The van der Waals surface area contributed by atoms with Gasteiger partial charge in [-0.1, -0.05) is 24.9 Å². The summed E-state index contributed by atoms with van der Waals surface area (Å²) in [6.45, 7) is 2.96. The number of carbonyl (C=O) groups excluding carboxylic acids is 1. The summed E-state index contributed by atoms with van der Waals surface area (Å²) in [6.07, 6.45) is 1.90. The van der Waals surface area contributed by atoms with Gasteiger partial charge in [0.25, 0.3) is 5.91 Å². The number of hydrogen-bond acceptors (Lipinski definition) is 3. The van der Waals surface area contributed by atoms with E-state index in [0.717, 1.165) is 12.8 Å². The van der Waals surface area contributed by atoms with E-state index in [-0.39, 0.29) is 12.5 Å². The van der Waals surface area contributed by atoms with Crippen molar-refractivity contribution in [2.24, 2.45) is 0 Å². The smallest absolute Gasteiger partial charge is 0.255 e. The van der Waals surface area contributed by atoms with Crippen LogP contribution in [0.15, 0.2) is 23.1 Å². The van der Waals surface area contributed by atoms with Crippen LogP contribution < -0.4 is 0 Å². The highest BCUT2D eigenvalue weighted by molar-refractivity contribution is 7.80. The van der Waals surface area contributed by atoms with Gasteiger partial charge in [-0.15, -0.1) is 12.6 Å². The van der Waals surface area contributed by atoms with Crippen LogP contribution in [0, 0.1) is 0 Å². The summed E-state index contributed by atoms with van der Waals surface area (Å²) in [7, 11) is 0. The lowest BCUT2D eigenvalue weighted by atomic mass is 10.2. The van der Waals surface area contributed by atoms with Crippen molar-refractivity contribution >= 4 is 30.1 Å². The number of amides is 1. The molecule has 1 N–H and O–H groups in total. The Hall–Kier alpha value is -0.710. The fraction of sp³-hybridized carbons (Fsp3) is 0.462. The van der Waals surface area contributed by atoms with E-state index in [1.165, 1.54) is 0 Å². The van der Waals surface area contributed by atoms with Crippen LogP contribution in [0.5, 0.6) is 0 Å². The fourth-order valence-electron chi connectivity index (χ4n) is 1.63. The number of aliphatic hydroxyl groups excluding tert-OH is 1. The molecule has 0 bridgehead atoms. The molecule has 0 radical (unpaired) electrons. The summed E-state index contributed by atoms with van der Waals surface area (Å²) in [4.78, 5) is 14.6. The maximum Gasteiger partial charge on any atom is 0.255 e. The minimum absolute atomic E-state index is 0.0480. The maximum absolute atomic E-state index is 12.3. The van der Waals surface area contributed by atoms with Crippen LogP contribution in [0.4, 0.5) is 0 Å². The molecule has 0 aliphatic carbocycles. The topological polar surface area (TPSA) is 40.5 Å². The number of unbranched alkanes of at least 4 members (excludes halogenated alkanes) is 1. The predicted molar refractivity (Wildman–Crippen MR) is 76.6 cm³/mol. The van der Waals surface area contributed by atoms with Crippen molar-refractivity contribution in [1.82, 2.24) is 4.90 Å². The fourth-order valence-corrected chi connectivity index (χ4v) is 2.03. The second-order valence-corrected chi connectivity index (χ2v) is 4.96. The number of nitrogens with zero attached hydrogens (tertiary/aromatic N) is 1. The molecule has 0 fully saturated rings. The molecule has 0 aliphatic heterocycles. The van der Waals surface area contributed by atoms with Crippen molar-refractivity contribution in [3.8, 4) is 0 Å². The first-order valence-corrected chi connectivity index (χ1v) is 6.81. The van der Waals surface area contributed by atoms with E-state index < -0.39 is 0 Å². The monoisotopic (exact) mass is 287 g/mol. The second kappa shape index (κ2) is 7.67. The van der Waals surface area contributed by atoms with Gasteiger partial charge in [0, 0.05) is 18.0 Å². The SMILES string of the molecule is CCCCN(CCO)C(=O)c1cc(S)ccc1Cl. The number of thiol groups is 1. The van der Waals surface area contributed by atoms with E-state index in [2.05, 4.69) is 19.6 Å². The zero-order chi connectivity index (χ0) is 13.5. The van der Waals surface area contributed by atoms with Crippen LogP contribution in [0.3, 0.4) is 0 Å². The van der Waals surface area contributed by atoms with Crippen molar-refractivity contribution < 1.29 is 9.90 Å². The van der Waals surface area contributed by atoms with Gasteiger partial charge >= 0.3 is 0 Å². The lowest BCUT2D eigenvalue weighted by molar-refractivity contribution is 0.0719. The number of halogens is 1. The molecule has 0 saturated carbocycles. The Morgan fingerprint density at radius 1 is 1.44 bits per heavy atom. The van der Waals surface area contributed by atoms with Crippen molar-refractivity contribution in [3.63, 3.8) is 0 Å². The van der Waals surface area contributed by atoms with E-state index in [4.69, 9.17) is 16.7 Å². The van der Waals surface area contributed by atoms with Gasteiger partial charge in [0.15, 0.2) is 0 Å². The van der Waals surface area contributed by atoms with Gasteiger partial charge in [0.2, 0.25) is 0 Å². The predicted octanol–water partition coefficient (Wildman–Crippen LogP) is 2.86. The molecule has 0 aromatic heterocycles. The van der Waals surface area contributed by atoms with Crippen LogP contribution >= 0.6 is 24.2 Å². The molecule has 1 rings (SSSR count). The van der Waals surface area contributed by atoms with E-state index >= 15 is 0 Å². The summed E-state index contributed by atoms with van der Waals surface area (Å²) >= 11 is 10.2. The molecule has 18 heavy (non-hydrogen) atoms. The van der Waals surface area contributed by atoms with Gasteiger partial charge in [0.05, 0.1) is 17.2 Å². The lowest BCUT2D eigenvalue weighted by Crippen LogP contribution is -2.34. The van der Waals surface area contributed by atoms with Crippen LogP contribution in [0.25, 0.3) is 0 Å². The number of hydrogen-bond donors (Lipinski definition) is 2. The zero-order valence-corrected chi connectivity index (χ0v) is 12.0. The Morgan fingerprint density at radius 3 is 2.78 bits per heavy atom. The van der Waals surface area contributed by atoms with Crippen LogP contribution in [-0.2, 0) is 0 Å². The van der Waals surface area contributed by atoms with Gasteiger partial charge in [-0.25, -0.2) is 0 Å². The molecule has 0 atom stereocenters. The Bertz CT molecular complexity index is 412. The second-order valence-electron chi connectivity index (χ2n) is 4.03. The Kier molecular flexibility index (Phi) is 6.54. The normalized spacial score (nSPS) is 10.4. The van der Waals surface area contributed by atoms with E-state index in [1.807, 2.05) is 0 Å². The van der Waals surface area contributed by atoms with Crippen LogP contribution in [0.2, 0.25) is 5.02 Å². The summed E-state index contributed by atoms with van der Waals surface area (Å²) < 4.78 is 0. The third-order valence-corrected chi connectivity index (χ3v) is 3.23. The van der Waals surface area contributed by atoms with Crippen molar-refractivity contribution in [2.75, 3.05) is 19.7 Å². The third kappa shape index (κ3) is 4.19. The molecule has 0 unspecified atom stereocenters. The van der Waals surface area contributed by atoms with Crippen LogP contribution in [-0.4, -0.2) is 35.6 Å². The molecule has 0 aliphatic rings. The lowest BCUT2D eigenvalue weighted by Gasteiger charge is -2.22. The quantitative estimate of drug-likeness (QED) is 0.790. The number of rotatable bonds is 6. The van der Waals surface area contributed by atoms with Crippen molar-refractivity contribution in [1.29, 1.82) is 0 Å². The van der Waals surface area contributed by atoms with Gasteiger partial charge in [-0.3, -0.25) is 4.79 Å². The van der Waals surface area contributed by atoms with Gasteiger partial charge < -0.3 is 10.0 Å². The molecule has 3 nitrogen and oxygen atoms in total. The molecule has 0 saturated heterocycles. The largest absolute Gasteiger partial charge is 0.395 e. The highest BCUT2D eigenvalue weighted by Gasteiger charge is 2.17. The molecular formula is C13H18ClNO2S. The summed E-state index contributed by atoms with van der Waals surface area (Å²) in [6, 6.07) is 5.06. The average molecular weight is 288 g/mol. The van der Waals surface area contributed by atoms with E-state index in [0.29, 0.717) is 28.6 Å². The minimum Gasteiger partial charge on any atom is -0.395 e. The third-order valence-electron chi connectivity index (χ3n) is 2.62. The first kappa shape index (κ1) is 15.3. The maximum atomic E-state index is 12.3. The van der Waals surface area contributed by atoms with E-state index in [1.54, 1.807) is 23.1 Å². The summed E-state index contributed by atoms with van der Waals surface area (Å²) in [5.41, 5.74) is 0.439.